The van der Waals surface area contributed by atoms with Crippen molar-refractivity contribution in [3.05, 3.63) is 58.3 Å². The molecule has 3 rings (SSSR count). The number of benzene rings is 1. The van der Waals surface area contributed by atoms with Crippen molar-refractivity contribution >= 4 is 29.1 Å². The molecule has 2 aromatic rings. The minimum absolute atomic E-state index is 0.189. The molecule has 0 bridgehead atoms. The molecule has 4 nitrogen and oxygen atoms in total. The molecule has 0 N–H and O–H groups in total. The summed E-state index contributed by atoms with van der Waals surface area (Å²) in [5.74, 6) is 1.19. The number of nitrogens with zero attached hydrogens (tertiary/aromatic N) is 2. The third kappa shape index (κ3) is 5.12. The highest BCUT2D eigenvalue weighted by Gasteiger charge is 2.24. The molecule has 6 heteroatoms. The molecule has 1 aliphatic heterocycles. The van der Waals surface area contributed by atoms with Crippen LogP contribution in [0.4, 0.5) is 0 Å². The van der Waals surface area contributed by atoms with Gasteiger partial charge in [-0.25, -0.2) is 0 Å². The number of hydrogen-bond acceptors (Lipinski definition) is 3. The third-order valence-electron chi connectivity index (χ3n) is 4.64. The first-order valence-corrected chi connectivity index (χ1v) is 9.64. The number of aromatic nitrogens is 1. The van der Waals surface area contributed by atoms with Crippen molar-refractivity contribution in [3.8, 4) is 5.75 Å². The van der Waals surface area contributed by atoms with Crippen LogP contribution in [-0.4, -0.2) is 35.5 Å². The molecule has 1 atom stereocenters. The van der Waals surface area contributed by atoms with Crippen LogP contribution in [0.25, 0.3) is 0 Å². The van der Waals surface area contributed by atoms with Crippen molar-refractivity contribution in [2.75, 3.05) is 19.7 Å². The summed E-state index contributed by atoms with van der Waals surface area (Å²) >= 11 is 11.9. The summed E-state index contributed by atoms with van der Waals surface area (Å²) in [6, 6.07) is 9.22. The fraction of sp³-hybridized carbons (Fsp3) is 0.400. The largest absolute Gasteiger partial charge is 0.492 e. The zero-order chi connectivity index (χ0) is 18.4. The van der Waals surface area contributed by atoms with Crippen molar-refractivity contribution in [2.24, 2.45) is 0 Å². The van der Waals surface area contributed by atoms with E-state index in [4.69, 9.17) is 27.9 Å². The van der Waals surface area contributed by atoms with Gasteiger partial charge in [0.25, 0.3) is 0 Å². The summed E-state index contributed by atoms with van der Waals surface area (Å²) in [6.45, 7) is 2.08. The summed E-state index contributed by atoms with van der Waals surface area (Å²) in [6.07, 6.45) is 6.93. The summed E-state index contributed by atoms with van der Waals surface area (Å²) < 4.78 is 5.65. The topological polar surface area (TPSA) is 42.4 Å². The Kier molecular flexibility index (Phi) is 6.75. The first-order valence-electron chi connectivity index (χ1n) is 8.89. The van der Waals surface area contributed by atoms with Crippen LogP contribution in [0, 0.1) is 0 Å². The lowest BCUT2D eigenvalue weighted by atomic mass is 9.91. The van der Waals surface area contributed by atoms with E-state index in [-0.39, 0.29) is 5.91 Å². The maximum Gasteiger partial charge on any atom is 0.222 e. The Morgan fingerprint density at radius 1 is 1.23 bits per heavy atom. The number of carbonyl (C=O) groups is 1. The molecule has 1 saturated heterocycles. The van der Waals surface area contributed by atoms with Gasteiger partial charge >= 0.3 is 0 Å². The van der Waals surface area contributed by atoms with Crippen LogP contribution in [-0.2, 0) is 4.79 Å². The second-order valence-electron chi connectivity index (χ2n) is 6.49. The Labute approximate surface area is 164 Å². The first kappa shape index (κ1) is 19.0. The average Bonchev–Trinajstić information content (AvgIpc) is 2.67. The van der Waals surface area contributed by atoms with Crippen molar-refractivity contribution in [1.82, 2.24) is 9.88 Å². The Morgan fingerprint density at radius 2 is 2.04 bits per heavy atom. The van der Waals surface area contributed by atoms with Gasteiger partial charge in [0, 0.05) is 42.8 Å². The standard InChI is InChI=1S/C20H22Cl2N2O2/c21-17-5-6-19(18(22)13-17)26-12-2-4-20(25)24-11-1-3-16(14-24)15-7-9-23-10-8-15/h5-10,13,16H,1-4,11-12,14H2/t16-/m0/s1. The molecule has 1 amide bonds. The van der Waals surface area contributed by atoms with Crippen molar-refractivity contribution in [2.45, 2.75) is 31.6 Å². The van der Waals surface area contributed by atoms with Crippen LogP contribution in [0.2, 0.25) is 10.0 Å². The highest BCUT2D eigenvalue weighted by atomic mass is 35.5. The lowest BCUT2D eigenvalue weighted by Gasteiger charge is -2.33. The van der Waals surface area contributed by atoms with E-state index < -0.39 is 0 Å². The summed E-state index contributed by atoms with van der Waals surface area (Å²) in [7, 11) is 0. The van der Waals surface area contributed by atoms with E-state index in [0.717, 1.165) is 25.9 Å². The number of halogens is 2. The molecule has 0 radical (unpaired) electrons. The van der Waals surface area contributed by atoms with Gasteiger partial charge in [-0.2, -0.15) is 0 Å². The Bertz CT molecular complexity index is 740. The quantitative estimate of drug-likeness (QED) is 0.652. The lowest BCUT2D eigenvalue weighted by Crippen LogP contribution is -2.39. The van der Waals surface area contributed by atoms with E-state index in [1.807, 2.05) is 29.4 Å². The van der Waals surface area contributed by atoms with Gasteiger partial charge in [0.1, 0.15) is 5.75 Å². The minimum atomic E-state index is 0.189. The Morgan fingerprint density at radius 3 is 2.81 bits per heavy atom. The molecule has 0 saturated carbocycles. The maximum absolute atomic E-state index is 12.5. The van der Waals surface area contributed by atoms with Gasteiger partial charge in [-0.15, -0.1) is 0 Å². The molecule has 0 spiro atoms. The van der Waals surface area contributed by atoms with Crippen LogP contribution in [0.3, 0.4) is 0 Å². The zero-order valence-electron chi connectivity index (χ0n) is 14.5. The number of rotatable bonds is 6. The highest BCUT2D eigenvalue weighted by Crippen LogP contribution is 2.28. The highest BCUT2D eigenvalue weighted by molar-refractivity contribution is 6.35. The number of piperidine rings is 1. The molecule has 0 unspecified atom stereocenters. The van der Waals surface area contributed by atoms with Gasteiger partial charge in [0.2, 0.25) is 5.91 Å². The van der Waals surface area contributed by atoms with Crippen LogP contribution in [0.1, 0.15) is 37.2 Å². The first-order chi connectivity index (χ1) is 12.6. The van der Waals surface area contributed by atoms with Crippen LogP contribution in [0.15, 0.2) is 42.7 Å². The summed E-state index contributed by atoms with van der Waals surface area (Å²) in [4.78, 5) is 18.6. The number of carbonyl (C=O) groups excluding carboxylic acids is 1. The van der Waals surface area contributed by atoms with Crippen molar-refractivity contribution in [1.29, 1.82) is 0 Å². The van der Waals surface area contributed by atoms with E-state index in [2.05, 4.69) is 4.98 Å². The van der Waals surface area contributed by atoms with Gasteiger partial charge in [0.05, 0.1) is 11.6 Å². The minimum Gasteiger partial charge on any atom is -0.492 e. The normalized spacial score (nSPS) is 17.2. The third-order valence-corrected chi connectivity index (χ3v) is 5.17. The van der Waals surface area contributed by atoms with Crippen LogP contribution >= 0.6 is 23.2 Å². The van der Waals surface area contributed by atoms with E-state index >= 15 is 0 Å². The maximum atomic E-state index is 12.5. The Hall–Kier alpha value is -1.78. The fourth-order valence-electron chi connectivity index (χ4n) is 3.27. The number of hydrogen-bond donors (Lipinski definition) is 0. The summed E-state index contributed by atoms with van der Waals surface area (Å²) in [5, 5.41) is 1.06. The second kappa shape index (κ2) is 9.24. The van der Waals surface area contributed by atoms with E-state index in [1.54, 1.807) is 18.2 Å². The molecule has 0 aliphatic carbocycles. The molecule has 1 aromatic heterocycles. The summed E-state index contributed by atoms with van der Waals surface area (Å²) in [5.41, 5.74) is 1.26. The van der Waals surface area contributed by atoms with Gasteiger partial charge in [-0.3, -0.25) is 9.78 Å². The van der Waals surface area contributed by atoms with E-state index in [9.17, 15) is 4.79 Å². The molecule has 2 heterocycles. The molecule has 1 aliphatic rings. The monoisotopic (exact) mass is 392 g/mol. The predicted octanol–water partition coefficient (Wildman–Crippen LogP) is 4.95. The van der Waals surface area contributed by atoms with Crippen molar-refractivity contribution < 1.29 is 9.53 Å². The number of amides is 1. The average molecular weight is 393 g/mol. The molecule has 1 fully saturated rings. The fourth-order valence-corrected chi connectivity index (χ4v) is 3.73. The smallest absolute Gasteiger partial charge is 0.222 e. The van der Waals surface area contributed by atoms with E-state index in [0.29, 0.717) is 41.2 Å². The zero-order valence-corrected chi connectivity index (χ0v) is 16.0. The van der Waals surface area contributed by atoms with Crippen LogP contribution in [0.5, 0.6) is 5.75 Å². The second-order valence-corrected chi connectivity index (χ2v) is 7.33. The number of pyridine rings is 1. The number of likely N-dealkylation sites (tertiary alicyclic amines) is 1. The molecular formula is C20H22Cl2N2O2. The van der Waals surface area contributed by atoms with Crippen LogP contribution < -0.4 is 4.74 Å². The molecule has 26 heavy (non-hydrogen) atoms. The van der Waals surface area contributed by atoms with Gasteiger partial charge < -0.3 is 9.64 Å². The number of ether oxygens (including phenoxy) is 1. The van der Waals surface area contributed by atoms with Gasteiger partial charge in [-0.1, -0.05) is 23.2 Å². The SMILES string of the molecule is O=C(CCCOc1ccc(Cl)cc1Cl)N1CCC[C@H](c2ccncc2)C1. The molecule has 138 valence electrons. The predicted molar refractivity (Wildman–Crippen MR) is 104 cm³/mol. The van der Waals surface area contributed by atoms with E-state index in [1.165, 1.54) is 5.56 Å². The van der Waals surface area contributed by atoms with Gasteiger partial charge in [0.15, 0.2) is 0 Å². The Balaban J connectivity index is 1.44. The molecule has 1 aromatic carbocycles. The lowest BCUT2D eigenvalue weighted by molar-refractivity contribution is -0.132. The van der Waals surface area contributed by atoms with Gasteiger partial charge in [-0.05, 0) is 55.2 Å². The molecular weight excluding hydrogens is 371 g/mol. The van der Waals surface area contributed by atoms with Crippen molar-refractivity contribution in [3.63, 3.8) is 0 Å².